The Bertz CT molecular complexity index is 1000. The van der Waals surface area contributed by atoms with E-state index in [1.54, 1.807) is 0 Å². The van der Waals surface area contributed by atoms with Gasteiger partial charge in [0.2, 0.25) is 5.91 Å². The normalized spacial score (nSPS) is 14.7. The molecule has 4 rings (SSSR count). The molecule has 2 heterocycles. The Kier molecular flexibility index (Phi) is 5.79. The molecule has 0 radical (unpaired) electrons. The van der Waals surface area contributed by atoms with Gasteiger partial charge >= 0.3 is 0 Å². The molecule has 0 bridgehead atoms. The highest BCUT2D eigenvalue weighted by atomic mass is 32.1. The zero-order valence-corrected chi connectivity index (χ0v) is 18.0. The summed E-state index contributed by atoms with van der Waals surface area (Å²) >= 11 is 1.52. The van der Waals surface area contributed by atoms with Crippen LogP contribution in [0.1, 0.15) is 29.5 Å². The van der Waals surface area contributed by atoms with Gasteiger partial charge in [0, 0.05) is 30.1 Å². The third-order valence-electron chi connectivity index (χ3n) is 5.43. The SMILES string of the molecule is Cc1ccc(-c2csc(N(C(=O)C3CCOCC3)c3cc(C)ccc3C)n2)cc1. The Balaban J connectivity index is 1.75. The van der Waals surface area contributed by atoms with Gasteiger partial charge < -0.3 is 4.74 Å². The molecule has 0 N–H and O–H groups in total. The monoisotopic (exact) mass is 406 g/mol. The van der Waals surface area contributed by atoms with Crippen molar-refractivity contribution in [2.75, 3.05) is 18.1 Å². The van der Waals surface area contributed by atoms with Gasteiger partial charge in [-0.25, -0.2) is 4.98 Å². The van der Waals surface area contributed by atoms with Crippen LogP contribution in [-0.4, -0.2) is 24.1 Å². The molecular formula is C24H26N2O2S. The van der Waals surface area contributed by atoms with Crippen molar-refractivity contribution in [2.24, 2.45) is 5.92 Å². The van der Waals surface area contributed by atoms with Crippen molar-refractivity contribution >= 4 is 28.1 Å². The summed E-state index contributed by atoms with van der Waals surface area (Å²) < 4.78 is 5.47. The van der Waals surface area contributed by atoms with Crippen LogP contribution in [-0.2, 0) is 9.53 Å². The number of hydrogen-bond acceptors (Lipinski definition) is 4. The summed E-state index contributed by atoms with van der Waals surface area (Å²) in [4.78, 5) is 20.3. The van der Waals surface area contributed by atoms with Gasteiger partial charge in [-0.1, -0.05) is 42.0 Å². The lowest BCUT2D eigenvalue weighted by Gasteiger charge is -2.29. The average molecular weight is 407 g/mol. The predicted molar refractivity (Wildman–Crippen MR) is 119 cm³/mol. The summed E-state index contributed by atoms with van der Waals surface area (Å²) in [6, 6.07) is 14.6. The number of carbonyl (C=O) groups excluding carboxylic acids is 1. The lowest BCUT2D eigenvalue weighted by atomic mass is 9.98. The molecule has 1 amide bonds. The summed E-state index contributed by atoms with van der Waals surface area (Å²) in [7, 11) is 0. The summed E-state index contributed by atoms with van der Waals surface area (Å²) in [5, 5.41) is 2.76. The number of nitrogens with zero attached hydrogens (tertiary/aromatic N) is 2. The van der Waals surface area contributed by atoms with Crippen LogP contribution in [0.25, 0.3) is 11.3 Å². The Morgan fingerprint density at radius 3 is 2.45 bits per heavy atom. The maximum Gasteiger partial charge on any atom is 0.236 e. The molecule has 1 saturated heterocycles. The fraction of sp³-hybridized carbons (Fsp3) is 0.333. The highest BCUT2D eigenvalue weighted by Gasteiger charge is 2.31. The topological polar surface area (TPSA) is 42.4 Å². The van der Waals surface area contributed by atoms with Gasteiger partial charge in [0.05, 0.1) is 11.4 Å². The minimum atomic E-state index is -0.0320. The van der Waals surface area contributed by atoms with Crippen LogP contribution in [0.4, 0.5) is 10.8 Å². The number of aromatic nitrogens is 1. The van der Waals surface area contributed by atoms with Gasteiger partial charge in [0.25, 0.3) is 0 Å². The molecule has 1 aromatic heterocycles. The van der Waals surface area contributed by atoms with E-state index in [0.29, 0.717) is 13.2 Å². The van der Waals surface area contributed by atoms with Crippen LogP contribution in [0.5, 0.6) is 0 Å². The number of ether oxygens (including phenoxy) is 1. The lowest BCUT2D eigenvalue weighted by Crippen LogP contribution is -2.36. The van der Waals surface area contributed by atoms with E-state index in [9.17, 15) is 4.79 Å². The van der Waals surface area contributed by atoms with Gasteiger partial charge in [-0.3, -0.25) is 9.69 Å². The summed E-state index contributed by atoms with van der Waals surface area (Å²) in [5.41, 5.74) is 6.31. The number of rotatable bonds is 4. The third kappa shape index (κ3) is 4.26. The molecule has 5 heteroatoms. The maximum absolute atomic E-state index is 13.6. The molecule has 29 heavy (non-hydrogen) atoms. The second-order valence-electron chi connectivity index (χ2n) is 7.73. The minimum Gasteiger partial charge on any atom is -0.381 e. The molecule has 0 spiro atoms. The number of hydrogen-bond donors (Lipinski definition) is 0. The van der Waals surface area contributed by atoms with Crippen molar-refractivity contribution in [3.63, 3.8) is 0 Å². The molecule has 0 aliphatic carbocycles. The average Bonchev–Trinajstić information content (AvgIpc) is 3.21. The molecular weight excluding hydrogens is 380 g/mol. The molecule has 4 nitrogen and oxygen atoms in total. The number of carbonyl (C=O) groups is 1. The molecule has 0 atom stereocenters. The molecule has 2 aromatic carbocycles. The first-order valence-electron chi connectivity index (χ1n) is 10.0. The Morgan fingerprint density at radius 2 is 1.72 bits per heavy atom. The Labute approximate surface area is 176 Å². The standard InChI is InChI=1S/C24H26N2O2S/c1-16-5-8-19(9-6-16)21-15-29-24(25-21)26(22-14-17(2)4-7-18(22)3)23(27)20-10-12-28-13-11-20/h4-9,14-15,20H,10-13H2,1-3H3. The maximum atomic E-state index is 13.6. The van der Waals surface area contributed by atoms with Crippen LogP contribution in [0.3, 0.4) is 0 Å². The molecule has 1 fully saturated rings. The van der Waals surface area contributed by atoms with Gasteiger partial charge in [0.1, 0.15) is 0 Å². The van der Waals surface area contributed by atoms with Crippen molar-refractivity contribution in [3.05, 3.63) is 64.5 Å². The fourth-order valence-electron chi connectivity index (χ4n) is 3.63. The molecule has 0 saturated carbocycles. The van der Waals surface area contributed by atoms with E-state index < -0.39 is 0 Å². The molecule has 0 unspecified atom stereocenters. The van der Waals surface area contributed by atoms with Crippen LogP contribution in [0, 0.1) is 26.7 Å². The quantitative estimate of drug-likeness (QED) is 0.548. The Hall–Kier alpha value is -2.50. The third-order valence-corrected chi connectivity index (χ3v) is 6.25. The highest BCUT2D eigenvalue weighted by Crippen LogP contribution is 2.36. The molecule has 1 aliphatic heterocycles. The smallest absolute Gasteiger partial charge is 0.236 e. The second-order valence-corrected chi connectivity index (χ2v) is 8.57. The fourth-order valence-corrected chi connectivity index (χ4v) is 4.48. The first kappa shape index (κ1) is 19.8. The number of anilines is 2. The minimum absolute atomic E-state index is 0.0320. The second kappa shape index (κ2) is 8.47. The zero-order chi connectivity index (χ0) is 20.4. The first-order chi connectivity index (χ1) is 14.0. The van der Waals surface area contributed by atoms with E-state index in [4.69, 9.17) is 9.72 Å². The van der Waals surface area contributed by atoms with E-state index in [-0.39, 0.29) is 11.8 Å². The number of benzene rings is 2. The van der Waals surface area contributed by atoms with E-state index in [1.165, 1.54) is 16.9 Å². The number of amides is 1. The lowest BCUT2D eigenvalue weighted by molar-refractivity contribution is -0.124. The molecule has 3 aromatic rings. The van der Waals surface area contributed by atoms with E-state index in [1.807, 2.05) is 17.2 Å². The predicted octanol–water partition coefficient (Wildman–Crippen LogP) is 5.83. The van der Waals surface area contributed by atoms with Crippen molar-refractivity contribution in [2.45, 2.75) is 33.6 Å². The van der Waals surface area contributed by atoms with E-state index in [2.05, 4.69) is 56.3 Å². The van der Waals surface area contributed by atoms with Gasteiger partial charge in [-0.15, -0.1) is 11.3 Å². The summed E-state index contributed by atoms with van der Waals surface area (Å²) in [5.74, 6) is 0.0854. The first-order valence-corrected chi connectivity index (χ1v) is 10.9. The van der Waals surface area contributed by atoms with Gasteiger partial charge in [0.15, 0.2) is 5.13 Å². The summed E-state index contributed by atoms with van der Waals surface area (Å²) in [6.07, 6.45) is 1.52. The van der Waals surface area contributed by atoms with Crippen LogP contribution in [0.2, 0.25) is 0 Å². The van der Waals surface area contributed by atoms with Crippen LogP contribution < -0.4 is 4.90 Å². The summed E-state index contributed by atoms with van der Waals surface area (Å²) in [6.45, 7) is 7.46. The zero-order valence-electron chi connectivity index (χ0n) is 17.1. The highest BCUT2D eigenvalue weighted by molar-refractivity contribution is 7.14. The van der Waals surface area contributed by atoms with Crippen molar-refractivity contribution < 1.29 is 9.53 Å². The molecule has 150 valence electrons. The molecule has 1 aliphatic rings. The van der Waals surface area contributed by atoms with Crippen LogP contribution in [0.15, 0.2) is 47.8 Å². The van der Waals surface area contributed by atoms with E-state index >= 15 is 0 Å². The van der Waals surface area contributed by atoms with Gasteiger partial charge in [-0.2, -0.15) is 0 Å². The van der Waals surface area contributed by atoms with Crippen molar-refractivity contribution in [3.8, 4) is 11.3 Å². The van der Waals surface area contributed by atoms with Gasteiger partial charge in [-0.05, 0) is 50.8 Å². The Morgan fingerprint density at radius 1 is 1.03 bits per heavy atom. The van der Waals surface area contributed by atoms with Crippen molar-refractivity contribution in [1.29, 1.82) is 0 Å². The van der Waals surface area contributed by atoms with Crippen LogP contribution >= 0.6 is 11.3 Å². The largest absolute Gasteiger partial charge is 0.381 e. The van der Waals surface area contributed by atoms with Crippen molar-refractivity contribution in [1.82, 2.24) is 4.98 Å². The number of aryl methyl sites for hydroxylation is 3. The number of thiazole rings is 1. The van der Waals surface area contributed by atoms with E-state index in [0.717, 1.165) is 46.0 Å².